The first-order valence-electron chi connectivity index (χ1n) is 10.1. The zero-order chi connectivity index (χ0) is 20.5. The first-order chi connectivity index (χ1) is 13.4. The number of nitrogens with one attached hydrogen (secondary N) is 1. The molecule has 1 aromatic carbocycles. The predicted molar refractivity (Wildman–Crippen MR) is 110 cm³/mol. The van der Waals surface area contributed by atoms with E-state index in [1.807, 2.05) is 18.7 Å². The summed E-state index contributed by atoms with van der Waals surface area (Å²) in [6.07, 6.45) is 2.23. The summed E-state index contributed by atoms with van der Waals surface area (Å²) in [6, 6.07) is 5.33. The highest BCUT2D eigenvalue weighted by atomic mass is 16.5. The monoisotopic (exact) mass is 391 g/mol. The fourth-order valence-electron chi connectivity index (χ4n) is 3.38. The van der Waals surface area contributed by atoms with Crippen LogP contribution in [-0.2, 0) is 9.59 Å². The van der Waals surface area contributed by atoms with E-state index in [4.69, 9.17) is 9.47 Å². The topological polar surface area (TPSA) is 71.1 Å². The molecular formula is C21H33N3O4. The van der Waals surface area contributed by atoms with Gasteiger partial charge in [-0.1, -0.05) is 6.92 Å². The molecule has 0 spiro atoms. The van der Waals surface area contributed by atoms with Gasteiger partial charge in [0.2, 0.25) is 11.8 Å². The van der Waals surface area contributed by atoms with E-state index in [0.717, 1.165) is 19.5 Å². The lowest BCUT2D eigenvalue weighted by atomic mass is 10.0. The highest BCUT2D eigenvalue weighted by Gasteiger charge is 2.22. The van der Waals surface area contributed by atoms with E-state index in [-0.39, 0.29) is 24.9 Å². The van der Waals surface area contributed by atoms with Crippen molar-refractivity contribution in [2.75, 3.05) is 51.8 Å². The normalized spacial score (nSPS) is 16.8. The predicted octanol–water partition coefficient (Wildman–Crippen LogP) is 2.61. The molecule has 2 amide bonds. The van der Waals surface area contributed by atoms with Gasteiger partial charge in [0.05, 0.1) is 26.3 Å². The van der Waals surface area contributed by atoms with Crippen LogP contribution in [0.3, 0.4) is 0 Å². The summed E-state index contributed by atoms with van der Waals surface area (Å²) in [5.41, 5.74) is 0.640. The first-order valence-corrected chi connectivity index (χ1v) is 10.1. The van der Waals surface area contributed by atoms with Crippen molar-refractivity contribution in [1.29, 1.82) is 0 Å². The standard InChI is InChI=1S/C21H33N3O4/c1-5-27-18-10-9-17(12-19(18)28-6-2)22-20(25)14-23(4)15-21(26)24-11-7-8-16(3)13-24/h9-10,12,16H,5-8,11,13-15H2,1-4H3,(H,22,25)/t16-/m1/s1. The molecule has 1 fully saturated rings. The maximum Gasteiger partial charge on any atom is 0.238 e. The summed E-state index contributed by atoms with van der Waals surface area (Å²) >= 11 is 0. The van der Waals surface area contributed by atoms with Gasteiger partial charge in [-0.15, -0.1) is 0 Å². The number of likely N-dealkylation sites (N-methyl/N-ethyl adjacent to an activating group) is 1. The van der Waals surface area contributed by atoms with E-state index in [2.05, 4.69) is 12.2 Å². The number of hydrogen-bond donors (Lipinski definition) is 1. The molecule has 0 radical (unpaired) electrons. The highest BCUT2D eigenvalue weighted by molar-refractivity contribution is 5.93. The molecule has 1 aliphatic rings. The Bertz CT molecular complexity index is 665. The van der Waals surface area contributed by atoms with Crippen molar-refractivity contribution < 1.29 is 19.1 Å². The zero-order valence-corrected chi connectivity index (χ0v) is 17.5. The van der Waals surface area contributed by atoms with Crippen molar-refractivity contribution >= 4 is 17.5 Å². The summed E-state index contributed by atoms with van der Waals surface area (Å²) in [6.45, 7) is 9.05. The summed E-state index contributed by atoms with van der Waals surface area (Å²) in [4.78, 5) is 28.4. The number of piperidine rings is 1. The van der Waals surface area contributed by atoms with E-state index in [9.17, 15) is 9.59 Å². The third-order valence-electron chi connectivity index (χ3n) is 4.66. The Morgan fingerprint density at radius 3 is 2.57 bits per heavy atom. The molecule has 1 aromatic rings. The van der Waals surface area contributed by atoms with Gasteiger partial charge < -0.3 is 19.7 Å². The Kier molecular flexibility index (Phi) is 8.57. The number of amides is 2. The molecule has 1 N–H and O–H groups in total. The largest absolute Gasteiger partial charge is 0.490 e. The number of carbonyl (C=O) groups is 2. The SMILES string of the molecule is CCOc1ccc(NC(=O)CN(C)CC(=O)N2CCC[C@@H](C)C2)cc1OCC. The maximum atomic E-state index is 12.4. The van der Waals surface area contributed by atoms with Crippen molar-refractivity contribution in [2.24, 2.45) is 5.92 Å². The van der Waals surface area contributed by atoms with Gasteiger partial charge in [-0.2, -0.15) is 0 Å². The maximum absolute atomic E-state index is 12.4. The van der Waals surface area contributed by atoms with Crippen molar-refractivity contribution in [2.45, 2.75) is 33.6 Å². The van der Waals surface area contributed by atoms with Gasteiger partial charge in [-0.25, -0.2) is 0 Å². The minimum absolute atomic E-state index is 0.0848. The van der Waals surface area contributed by atoms with Gasteiger partial charge in [0.1, 0.15) is 0 Å². The zero-order valence-electron chi connectivity index (χ0n) is 17.5. The molecule has 0 bridgehead atoms. The van der Waals surface area contributed by atoms with Crippen molar-refractivity contribution in [3.8, 4) is 11.5 Å². The van der Waals surface area contributed by atoms with Crippen molar-refractivity contribution in [3.05, 3.63) is 18.2 Å². The first kappa shape index (κ1) is 22.0. The molecule has 1 atom stereocenters. The second-order valence-electron chi connectivity index (χ2n) is 7.34. The van der Waals surface area contributed by atoms with E-state index < -0.39 is 0 Å². The molecule has 1 heterocycles. The number of carbonyl (C=O) groups excluding carboxylic acids is 2. The summed E-state index contributed by atoms with van der Waals surface area (Å²) in [7, 11) is 1.79. The minimum atomic E-state index is -0.172. The Hall–Kier alpha value is -2.28. The highest BCUT2D eigenvalue weighted by Crippen LogP contribution is 2.30. The molecule has 1 saturated heterocycles. The van der Waals surface area contributed by atoms with Gasteiger partial charge in [0, 0.05) is 24.8 Å². The molecule has 7 nitrogen and oxygen atoms in total. The number of nitrogens with zero attached hydrogens (tertiary/aromatic N) is 2. The minimum Gasteiger partial charge on any atom is -0.490 e. The summed E-state index contributed by atoms with van der Waals surface area (Å²) in [5, 5.41) is 2.86. The number of anilines is 1. The quantitative estimate of drug-likeness (QED) is 0.701. The second-order valence-corrected chi connectivity index (χ2v) is 7.34. The molecule has 0 aliphatic carbocycles. The van der Waals surface area contributed by atoms with Gasteiger partial charge in [-0.05, 0) is 51.8 Å². The molecule has 0 aromatic heterocycles. The number of ether oxygens (including phenoxy) is 2. The molecule has 28 heavy (non-hydrogen) atoms. The number of likely N-dealkylation sites (tertiary alicyclic amines) is 1. The molecule has 7 heteroatoms. The number of rotatable bonds is 9. The van der Waals surface area contributed by atoms with Gasteiger partial charge in [-0.3, -0.25) is 14.5 Å². The smallest absolute Gasteiger partial charge is 0.238 e. The van der Waals surface area contributed by atoms with Crippen LogP contribution in [0.1, 0.15) is 33.6 Å². The van der Waals surface area contributed by atoms with Crippen LogP contribution in [0.25, 0.3) is 0 Å². The summed E-state index contributed by atoms with van der Waals surface area (Å²) in [5.74, 6) is 1.71. The number of hydrogen-bond acceptors (Lipinski definition) is 5. The van der Waals surface area contributed by atoms with Crippen LogP contribution >= 0.6 is 0 Å². The van der Waals surface area contributed by atoms with E-state index in [0.29, 0.717) is 36.3 Å². The molecule has 0 unspecified atom stereocenters. The Morgan fingerprint density at radius 2 is 1.89 bits per heavy atom. The Labute approximate surface area is 168 Å². The lowest BCUT2D eigenvalue weighted by Crippen LogP contribution is -2.45. The lowest BCUT2D eigenvalue weighted by molar-refractivity contribution is -0.134. The molecule has 1 aliphatic heterocycles. The van der Waals surface area contributed by atoms with E-state index in [1.54, 1.807) is 30.1 Å². The fraction of sp³-hybridized carbons (Fsp3) is 0.619. The van der Waals surface area contributed by atoms with Gasteiger partial charge in [0.15, 0.2) is 11.5 Å². The third kappa shape index (κ3) is 6.71. The van der Waals surface area contributed by atoms with Crippen LogP contribution in [0.5, 0.6) is 11.5 Å². The second kappa shape index (κ2) is 10.9. The van der Waals surface area contributed by atoms with Crippen LogP contribution in [0.2, 0.25) is 0 Å². The molecule has 0 saturated carbocycles. The van der Waals surface area contributed by atoms with Crippen molar-refractivity contribution in [3.63, 3.8) is 0 Å². The van der Waals surface area contributed by atoms with E-state index in [1.165, 1.54) is 6.42 Å². The number of benzene rings is 1. The average molecular weight is 392 g/mol. The molecule has 2 rings (SSSR count). The fourth-order valence-corrected chi connectivity index (χ4v) is 3.38. The lowest BCUT2D eigenvalue weighted by Gasteiger charge is -2.32. The molecular weight excluding hydrogens is 358 g/mol. The van der Waals surface area contributed by atoms with Gasteiger partial charge in [0.25, 0.3) is 0 Å². The van der Waals surface area contributed by atoms with Crippen LogP contribution in [0.15, 0.2) is 18.2 Å². The Balaban J connectivity index is 1.87. The third-order valence-corrected chi connectivity index (χ3v) is 4.66. The Morgan fingerprint density at radius 1 is 1.18 bits per heavy atom. The molecule has 156 valence electrons. The average Bonchev–Trinajstić information content (AvgIpc) is 2.64. The van der Waals surface area contributed by atoms with Gasteiger partial charge >= 0.3 is 0 Å². The van der Waals surface area contributed by atoms with E-state index >= 15 is 0 Å². The van der Waals surface area contributed by atoms with Crippen LogP contribution in [-0.4, -0.2) is 68.1 Å². The van der Waals surface area contributed by atoms with Crippen LogP contribution < -0.4 is 14.8 Å². The van der Waals surface area contributed by atoms with Crippen LogP contribution in [0, 0.1) is 5.92 Å². The van der Waals surface area contributed by atoms with Crippen molar-refractivity contribution in [1.82, 2.24) is 9.80 Å². The summed E-state index contributed by atoms with van der Waals surface area (Å²) < 4.78 is 11.1. The van der Waals surface area contributed by atoms with Crippen LogP contribution in [0.4, 0.5) is 5.69 Å².